The van der Waals surface area contributed by atoms with Gasteiger partial charge >= 0.3 is 0 Å². The minimum absolute atomic E-state index is 0.355. The minimum Gasteiger partial charge on any atom is -0.465 e. The molecule has 1 N–H and O–H groups in total. The molecule has 100 valence electrons. The number of hydrogen-bond acceptors (Lipinski definition) is 4. The fourth-order valence-corrected chi connectivity index (χ4v) is 2.98. The molecule has 0 spiro atoms. The largest absolute Gasteiger partial charge is 0.465 e. The summed E-state index contributed by atoms with van der Waals surface area (Å²) < 4.78 is 11.7. The number of fused-ring (bicyclic) bond motifs is 1. The molecule has 4 nitrogen and oxygen atoms in total. The molecule has 18 heavy (non-hydrogen) atoms. The number of nitrogens with zero attached hydrogens (tertiary/aromatic N) is 1. The van der Waals surface area contributed by atoms with E-state index in [2.05, 4.69) is 29.3 Å². The number of nitrogens with one attached hydrogen (secondary N) is 1. The lowest BCUT2D eigenvalue weighted by Crippen LogP contribution is -2.57. The molecule has 2 saturated heterocycles. The highest BCUT2D eigenvalue weighted by molar-refractivity contribution is 5.07. The first-order chi connectivity index (χ1) is 8.86. The summed E-state index contributed by atoms with van der Waals surface area (Å²) in [5.74, 6) is 2.17. The fourth-order valence-electron chi connectivity index (χ4n) is 2.98. The molecule has 1 unspecified atom stereocenters. The van der Waals surface area contributed by atoms with Crippen molar-refractivity contribution in [2.24, 2.45) is 0 Å². The summed E-state index contributed by atoms with van der Waals surface area (Å²) in [5, 5.41) is 3.41. The molecule has 3 heterocycles. The van der Waals surface area contributed by atoms with Gasteiger partial charge in [0.15, 0.2) is 0 Å². The van der Waals surface area contributed by atoms with Crippen LogP contribution in [0, 0.1) is 0 Å². The summed E-state index contributed by atoms with van der Waals surface area (Å²) in [4.78, 5) is 2.52. The van der Waals surface area contributed by atoms with Gasteiger partial charge in [0.05, 0.1) is 19.3 Å². The van der Waals surface area contributed by atoms with Crippen molar-refractivity contribution in [2.45, 2.75) is 38.5 Å². The molecular formula is C14H22N2O2. The molecule has 2 fully saturated rings. The summed E-state index contributed by atoms with van der Waals surface area (Å²) in [7, 11) is 0. The first kappa shape index (κ1) is 12.2. The number of piperidine rings is 1. The fraction of sp³-hybridized carbons (Fsp3) is 0.714. The Balaban J connectivity index is 1.66. The molecule has 2 atom stereocenters. The van der Waals surface area contributed by atoms with Crippen molar-refractivity contribution in [1.82, 2.24) is 10.2 Å². The molecule has 3 rings (SSSR count). The number of furan rings is 1. The van der Waals surface area contributed by atoms with Crippen LogP contribution in [-0.4, -0.2) is 43.3 Å². The Morgan fingerprint density at radius 2 is 2.28 bits per heavy atom. The summed E-state index contributed by atoms with van der Waals surface area (Å²) in [6, 6.07) is 4.76. The molecule has 2 aliphatic heterocycles. The van der Waals surface area contributed by atoms with Crippen LogP contribution in [0.2, 0.25) is 0 Å². The quantitative estimate of drug-likeness (QED) is 0.880. The van der Waals surface area contributed by atoms with E-state index in [1.165, 1.54) is 6.42 Å². The highest BCUT2D eigenvalue weighted by atomic mass is 16.5. The van der Waals surface area contributed by atoms with E-state index < -0.39 is 0 Å². The van der Waals surface area contributed by atoms with E-state index in [0.29, 0.717) is 12.1 Å². The smallest absolute Gasteiger partial charge is 0.118 e. The predicted octanol–water partition coefficient (Wildman–Crippen LogP) is 1.40. The van der Waals surface area contributed by atoms with Crippen LogP contribution in [0.3, 0.4) is 0 Å². The summed E-state index contributed by atoms with van der Waals surface area (Å²) >= 11 is 0. The second-order valence-electron chi connectivity index (χ2n) is 5.16. The van der Waals surface area contributed by atoms with Crippen molar-refractivity contribution in [3.63, 3.8) is 0 Å². The molecule has 2 aliphatic rings. The van der Waals surface area contributed by atoms with Gasteiger partial charge in [-0.2, -0.15) is 0 Å². The lowest BCUT2D eigenvalue weighted by molar-refractivity contribution is -0.0859. The van der Waals surface area contributed by atoms with Crippen LogP contribution in [0.1, 0.15) is 24.9 Å². The number of morpholine rings is 1. The van der Waals surface area contributed by atoms with Crippen molar-refractivity contribution < 1.29 is 9.15 Å². The zero-order valence-corrected chi connectivity index (χ0v) is 11.0. The van der Waals surface area contributed by atoms with Crippen LogP contribution < -0.4 is 5.32 Å². The van der Waals surface area contributed by atoms with Gasteiger partial charge in [-0.15, -0.1) is 0 Å². The van der Waals surface area contributed by atoms with E-state index in [1.54, 1.807) is 0 Å². The van der Waals surface area contributed by atoms with E-state index in [1.807, 2.05) is 0 Å². The van der Waals surface area contributed by atoms with E-state index in [0.717, 1.165) is 50.7 Å². The average molecular weight is 250 g/mol. The lowest BCUT2D eigenvalue weighted by Gasteiger charge is -2.43. The van der Waals surface area contributed by atoms with E-state index in [-0.39, 0.29) is 0 Å². The van der Waals surface area contributed by atoms with Gasteiger partial charge in [0.25, 0.3) is 0 Å². The Hall–Kier alpha value is -0.840. The minimum atomic E-state index is 0.355. The van der Waals surface area contributed by atoms with E-state index in [4.69, 9.17) is 9.15 Å². The van der Waals surface area contributed by atoms with Crippen LogP contribution in [0.15, 0.2) is 16.5 Å². The Labute approximate surface area is 108 Å². The van der Waals surface area contributed by atoms with Crippen LogP contribution >= 0.6 is 0 Å². The second kappa shape index (κ2) is 5.43. The van der Waals surface area contributed by atoms with Gasteiger partial charge in [-0.3, -0.25) is 4.90 Å². The van der Waals surface area contributed by atoms with Crippen LogP contribution in [0.4, 0.5) is 0 Å². The first-order valence-electron chi connectivity index (χ1n) is 7.01. The summed E-state index contributed by atoms with van der Waals surface area (Å²) in [6.45, 7) is 6.98. The first-order valence-corrected chi connectivity index (χ1v) is 7.01. The standard InChI is InChI=1S/C14H22N2O2/c1-2-11-3-4-12(18-11)10-16-7-8-17-14-9-15-6-5-13(14)16/h3-4,13-15H,2,5-10H2,1H3/t13-,14?/m0/s1. The molecule has 0 aromatic carbocycles. The number of rotatable bonds is 3. The maximum absolute atomic E-state index is 5.84. The third-order valence-corrected chi connectivity index (χ3v) is 4.00. The van der Waals surface area contributed by atoms with Crippen molar-refractivity contribution in [3.8, 4) is 0 Å². The third-order valence-electron chi connectivity index (χ3n) is 4.00. The number of ether oxygens (including phenoxy) is 1. The summed E-state index contributed by atoms with van der Waals surface area (Å²) in [5.41, 5.74) is 0. The van der Waals surface area contributed by atoms with Crippen molar-refractivity contribution in [1.29, 1.82) is 0 Å². The molecule has 1 aromatic rings. The average Bonchev–Trinajstić information content (AvgIpc) is 2.87. The maximum atomic E-state index is 5.84. The highest BCUT2D eigenvalue weighted by Crippen LogP contribution is 2.22. The molecule has 1 aromatic heterocycles. The van der Waals surface area contributed by atoms with Crippen LogP contribution in [-0.2, 0) is 17.7 Å². The molecular weight excluding hydrogens is 228 g/mol. The van der Waals surface area contributed by atoms with Crippen LogP contribution in [0.5, 0.6) is 0 Å². The molecule has 0 radical (unpaired) electrons. The zero-order valence-electron chi connectivity index (χ0n) is 11.0. The molecule has 4 heteroatoms. The predicted molar refractivity (Wildman–Crippen MR) is 69.5 cm³/mol. The molecule has 0 aliphatic carbocycles. The highest BCUT2D eigenvalue weighted by Gasteiger charge is 2.34. The SMILES string of the molecule is CCc1ccc(CN2CCOC3CNCC[C@@H]32)o1. The number of hydrogen-bond donors (Lipinski definition) is 1. The topological polar surface area (TPSA) is 37.6 Å². The Kier molecular flexibility index (Phi) is 3.68. The second-order valence-corrected chi connectivity index (χ2v) is 5.16. The van der Waals surface area contributed by atoms with Gasteiger partial charge < -0.3 is 14.5 Å². The number of aryl methyl sites for hydroxylation is 1. The third kappa shape index (κ3) is 2.46. The van der Waals surface area contributed by atoms with Crippen molar-refractivity contribution in [3.05, 3.63) is 23.7 Å². The van der Waals surface area contributed by atoms with E-state index in [9.17, 15) is 0 Å². The maximum Gasteiger partial charge on any atom is 0.118 e. The Bertz CT molecular complexity index is 389. The van der Waals surface area contributed by atoms with Gasteiger partial charge in [0.1, 0.15) is 11.5 Å². The molecule has 0 amide bonds. The van der Waals surface area contributed by atoms with Gasteiger partial charge in [0.2, 0.25) is 0 Å². The zero-order chi connectivity index (χ0) is 12.4. The molecule has 0 saturated carbocycles. The lowest BCUT2D eigenvalue weighted by atomic mass is 10.00. The van der Waals surface area contributed by atoms with Gasteiger partial charge in [-0.05, 0) is 25.1 Å². The van der Waals surface area contributed by atoms with Gasteiger partial charge in [-0.25, -0.2) is 0 Å². The van der Waals surface area contributed by atoms with Gasteiger partial charge in [-0.1, -0.05) is 6.92 Å². The Morgan fingerprint density at radius 1 is 1.39 bits per heavy atom. The Morgan fingerprint density at radius 3 is 3.11 bits per heavy atom. The van der Waals surface area contributed by atoms with Crippen molar-refractivity contribution >= 4 is 0 Å². The van der Waals surface area contributed by atoms with E-state index >= 15 is 0 Å². The summed E-state index contributed by atoms with van der Waals surface area (Å²) in [6.07, 6.45) is 2.50. The van der Waals surface area contributed by atoms with Gasteiger partial charge in [0, 0.05) is 25.6 Å². The normalized spacial score (nSPS) is 29.2. The monoisotopic (exact) mass is 250 g/mol. The van der Waals surface area contributed by atoms with Crippen molar-refractivity contribution in [2.75, 3.05) is 26.2 Å². The van der Waals surface area contributed by atoms with Crippen LogP contribution in [0.25, 0.3) is 0 Å². The molecule has 0 bridgehead atoms.